The van der Waals surface area contributed by atoms with Crippen LogP contribution in [-0.2, 0) is 4.79 Å². The number of rotatable bonds is 7. The molecule has 0 aliphatic carbocycles. The number of nitrogens with one attached hydrogen (secondary N) is 1. The number of hydrogen-bond donors (Lipinski definition) is 1. The van der Waals surface area contributed by atoms with E-state index in [4.69, 9.17) is 11.6 Å². The zero-order valence-electron chi connectivity index (χ0n) is 14.4. The predicted molar refractivity (Wildman–Crippen MR) is 99.4 cm³/mol. The Morgan fingerprint density at radius 3 is 2.52 bits per heavy atom. The highest BCUT2D eigenvalue weighted by atomic mass is 35.5. The first kappa shape index (κ1) is 19.5. The Morgan fingerprint density at radius 1 is 1.35 bits per heavy atom. The summed E-state index contributed by atoms with van der Waals surface area (Å²) in [5, 5.41) is 3.66. The molecule has 4 heteroatoms. The lowest BCUT2D eigenvalue weighted by Crippen LogP contribution is -2.38. The fourth-order valence-corrected chi connectivity index (χ4v) is 2.47. The summed E-state index contributed by atoms with van der Waals surface area (Å²) in [4.78, 5) is 14.8. The maximum absolute atomic E-state index is 12.5. The molecule has 1 fully saturated rings. The lowest BCUT2D eigenvalue weighted by molar-refractivity contribution is -0.117. The van der Waals surface area contributed by atoms with Gasteiger partial charge in [0.2, 0.25) is 0 Å². The summed E-state index contributed by atoms with van der Waals surface area (Å²) in [5.74, 6) is -0.119. The first-order valence-corrected chi connectivity index (χ1v) is 8.16. The van der Waals surface area contributed by atoms with Crippen LogP contribution in [0.15, 0.2) is 59.2 Å². The van der Waals surface area contributed by atoms with Gasteiger partial charge in [-0.1, -0.05) is 43.0 Å². The van der Waals surface area contributed by atoms with Gasteiger partial charge in [0.05, 0.1) is 0 Å². The summed E-state index contributed by atoms with van der Waals surface area (Å²) in [7, 11) is 0. The summed E-state index contributed by atoms with van der Waals surface area (Å²) in [6.45, 7) is 19.7. The van der Waals surface area contributed by atoms with Crippen molar-refractivity contribution < 1.29 is 4.79 Å². The van der Waals surface area contributed by atoms with Crippen molar-refractivity contribution >= 4 is 17.5 Å². The number of halogens is 1. The average molecular weight is 335 g/mol. The van der Waals surface area contributed by atoms with Gasteiger partial charge >= 0.3 is 0 Å². The second-order valence-electron chi connectivity index (χ2n) is 6.24. The molecule has 1 amide bonds. The highest BCUT2D eigenvalue weighted by Crippen LogP contribution is 2.18. The summed E-state index contributed by atoms with van der Waals surface area (Å²) in [6.07, 6.45) is 4.39. The van der Waals surface area contributed by atoms with E-state index in [1.165, 1.54) is 0 Å². The lowest BCUT2D eigenvalue weighted by atomic mass is 10.1. The van der Waals surface area contributed by atoms with E-state index < -0.39 is 0 Å². The third kappa shape index (κ3) is 6.20. The van der Waals surface area contributed by atoms with E-state index in [9.17, 15) is 4.79 Å². The molecule has 126 valence electrons. The van der Waals surface area contributed by atoms with Crippen LogP contribution in [0, 0.1) is 0 Å². The number of amides is 1. The molecule has 1 heterocycles. The molecule has 3 nitrogen and oxygen atoms in total. The van der Waals surface area contributed by atoms with Gasteiger partial charge in [-0.15, -0.1) is 0 Å². The Kier molecular flexibility index (Phi) is 7.53. The largest absolute Gasteiger partial charge is 0.348 e. The molecule has 0 spiro atoms. The van der Waals surface area contributed by atoms with E-state index in [0.717, 1.165) is 37.2 Å². The highest BCUT2D eigenvalue weighted by molar-refractivity contribution is 6.32. The van der Waals surface area contributed by atoms with E-state index in [1.807, 2.05) is 20.8 Å². The first-order valence-electron chi connectivity index (χ1n) is 7.78. The van der Waals surface area contributed by atoms with Crippen molar-refractivity contribution in [3.05, 3.63) is 59.2 Å². The van der Waals surface area contributed by atoms with Gasteiger partial charge < -0.3 is 5.32 Å². The SMILES string of the molecule is C=CC(=C)CN1CC[C@H](NC(=O)/C(=C/C(Cl)=C(C)C)C(=C)C)C1. The van der Waals surface area contributed by atoms with Gasteiger partial charge in [-0.3, -0.25) is 9.69 Å². The average Bonchev–Trinajstić information content (AvgIpc) is 2.90. The lowest BCUT2D eigenvalue weighted by Gasteiger charge is -2.17. The number of carbonyl (C=O) groups is 1. The van der Waals surface area contributed by atoms with Crippen LogP contribution in [0.3, 0.4) is 0 Å². The van der Waals surface area contributed by atoms with Gasteiger partial charge in [0.1, 0.15) is 0 Å². The first-order chi connectivity index (χ1) is 10.7. The molecule has 23 heavy (non-hydrogen) atoms. The molecule has 0 bridgehead atoms. The van der Waals surface area contributed by atoms with Crippen LogP contribution in [0.5, 0.6) is 0 Å². The summed E-state index contributed by atoms with van der Waals surface area (Å²) < 4.78 is 0. The van der Waals surface area contributed by atoms with Crippen molar-refractivity contribution in [2.45, 2.75) is 33.2 Å². The Labute approximate surface area is 145 Å². The van der Waals surface area contributed by atoms with Crippen molar-refractivity contribution in [2.75, 3.05) is 19.6 Å². The number of nitrogens with zero attached hydrogens (tertiary/aromatic N) is 1. The third-order valence-electron chi connectivity index (χ3n) is 3.78. The second kappa shape index (κ2) is 8.90. The molecule has 0 unspecified atom stereocenters. The zero-order valence-corrected chi connectivity index (χ0v) is 15.2. The van der Waals surface area contributed by atoms with Gasteiger partial charge in [-0.25, -0.2) is 0 Å². The molecule has 1 atom stereocenters. The van der Waals surface area contributed by atoms with Crippen LogP contribution in [0.4, 0.5) is 0 Å². The van der Waals surface area contributed by atoms with Gasteiger partial charge in [0, 0.05) is 36.3 Å². The normalized spacial score (nSPS) is 18.4. The molecule has 0 saturated carbocycles. The Balaban J connectivity index is 2.71. The van der Waals surface area contributed by atoms with Crippen LogP contribution in [0.25, 0.3) is 0 Å². The van der Waals surface area contributed by atoms with Crippen LogP contribution >= 0.6 is 11.6 Å². The number of carbonyl (C=O) groups excluding carboxylic acids is 1. The molecule has 0 aromatic carbocycles. The van der Waals surface area contributed by atoms with Gasteiger partial charge in [0.15, 0.2) is 0 Å². The Hall–Kier alpha value is -1.58. The molecule has 1 rings (SSSR count). The maximum atomic E-state index is 12.5. The van der Waals surface area contributed by atoms with Gasteiger partial charge in [0.25, 0.3) is 5.91 Å². The van der Waals surface area contributed by atoms with Crippen molar-refractivity contribution in [3.63, 3.8) is 0 Å². The monoisotopic (exact) mass is 334 g/mol. The summed E-state index contributed by atoms with van der Waals surface area (Å²) >= 11 is 6.17. The molecule has 1 aliphatic heterocycles. The molecule has 0 radical (unpaired) electrons. The number of hydrogen-bond acceptors (Lipinski definition) is 2. The smallest absolute Gasteiger partial charge is 0.251 e. The maximum Gasteiger partial charge on any atom is 0.251 e. The van der Waals surface area contributed by atoms with Gasteiger partial charge in [-0.2, -0.15) is 0 Å². The van der Waals surface area contributed by atoms with Crippen molar-refractivity contribution in [3.8, 4) is 0 Å². The Morgan fingerprint density at radius 2 is 2.00 bits per heavy atom. The van der Waals surface area contributed by atoms with Crippen LogP contribution in [-0.4, -0.2) is 36.5 Å². The molecule has 1 aliphatic rings. The summed E-state index contributed by atoms with van der Waals surface area (Å²) in [6, 6.07) is 0.133. The minimum Gasteiger partial charge on any atom is -0.348 e. The zero-order chi connectivity index (χ0) is 17.6. The van der Waals surface area contributed by atoms with E-state index in [0.29, 0.717) is 16.2 Å². The number of allylic oxidation sites excluding steroid dienone is 3. The molecular formula is C19H27ClN2O. The number of likely N-dealkylation sites (tertiary alicyclic amines) is 1. The van der Waals surface area contributed by atoms with Crippen LogP contribution < -0.4 is 5.32 Å². The van der Waals surface area contributed by atoms with E-state index in [-0.39, 0.29) is 11.9 Å². The minimum absolute atomic E-state index is 0.119. The van der Waals surface area contributed by atoms with E-state index in [1.54, 1.807) is 12.2 Å². The topological polar surface area (TPSA) is 32.3 Å². The molecule has 0 aromatic rings. The second-order valence-corrected chi connectivity index (χ2v) is 6.65. The van der Waals surface area contributed by atoms with Crippen molar-refractivity contribution in [2.24, 2.45) is 0 Å². The summed E-state index contributed by atoms with van der Waals surface area (Å²) in [5.41, 5.74) is 3.20. The molecule has 1 N–H and O–H groups in total. The highest BCUT2D eigenvalue weighted by Gasteiger charge is 2.25. The van der Waals surface area contributed by atoms with Crippen LogP contribution in [0.2, 0.25) is 0 Å². The quantitative estimate of drug-likeness (QED) is 0.564. The Bertz CT molecular complexity index is 568. The van der Waals surface area contributed by atoms with Crippen molar-refractivity contribution in [1.82, 2.24) is 10.2 Å². The van der Waals surface area contributed by atoms with E-state index >= 15 is 0 Å². The van der Waals surface area contributed by atoms with Crippen molar-refractivity contribution in [1.29, 1.82) is 0 Å². The van der Waals surface area contributed by atoms with Crippen LogP contribution in [0.1, 0.15) is 27.2 Å². The predicted octanol–water partition coefficient (Wildman–Crippen LogP) is 3.95. The van der Waals surface area contributed by atoms with E-state index in [2.05, 4.69) is 30.0 Å². The standard InChI is InChI=1S/C19H27ClN2O/c1-7-15(6)11-22-9-8-16(12-22)21-19(23)17(13(2)3)10-18(20)14(4)5/h7,10,16H,1-2,6,8-9,11-12H2,3-5H3,(H,21,23)/b17-10+/t16-/m0/s1. The fourth-order valence-electron chi connectivity index (χ4n) is 2.36. The minimum atomic E-state index is -0.119. The molecule has 1 saturated heterocycles. The third-order valence-corrected chi connectivity index (χ3v) is 4.26. The molecule has 0 aromatic heterocycles. The fraction of sp³-hybridized carbons (Fsp3) is 0.421. The molecular weight excluding hydrogens is 308 g/mol. The van der Waals surface area contributed by atoms with Gasteiger partial charge in [-0.05, 0) is 44.4 Å².